The van der Waals surface area contributed by atoms with Gasteiger partial charge in [-0.05, 0) is 24.6 Å². The van der Waals surface area contributed by atoms with E-state index in [1.54, 1.807) is 14.2 Å². The van der Waals surface area contributed by atoms with Crippen LogP contribution in [0.5, 0.6) is 11.5 Å². The fourth-order valence-electron chi connectivity index (χ4n) is 0.950. The second kappa shape index (κ2) is 7.25. The molecule has 0 spiro atoms. The van der Waals surface area contributed by atoms with Crippen molar-refractivity contribution in [1.29, 1.82) is 0 Å². The molecular formula is C12H20O2. The molecule has 0 heterocycles. The molecule has 80 valence electrons. The molecule has 0 radical (unpaired) electrons. The Balaban J connectivity index is 0.000000500. The zero-order valence-corrected chi connectivity index (χ0v) is 9.76. The van der Waals surface area contributed by atoms with Gasteiger partial charge in [0.2, 0.25) is 0 Å². The van der Waals surface area contributed by atoms with Crippen LogP contribution in [0.15, 0.2) is 18.2 Å². The molecule has 0 atom stereocenters. The summed E-state index contributed by atoms with van der Waals surface area (Å²) in [7, 11) is 3.29. The number of ether oxygens (including phenoxy) is 2. The molecule has 0 N–H and O–H groups in total. The number of rotatable bonds is 2. The Bertz CT molecular complexity index is 234. The van der Waals surface area contributed by atoms with Crippen LogP contribution in [0, 0.1) is 6.92 Å². The van der Waals surface area contributed by atoms with E-state index in [1.165, 1.54) is 6.42 Å². The number of methoxy groups -OCH3 is 2. The van der Waals surface area contributed by atoms with Crippen LogP contribution >= 0.6 is 0 Å². The lowest BCUT2D eigenvalue weighted by molar-refractivity contribution is 0.394. The van der Waals surface area contributed by atoms with E-state index in [9.17, 15) is 0 Å². The Labute approximate surface area is 86.9 Å². The first kappa shape index (κ1) is 12.8. The van der Waals surface area contributed by atoms with E-state index >= 15 is 0 Å². The second-order valence-electron chi connectivity index (χ2n) is 3.10. The summed E-state index contributed by atoms with van der Waals surface area (Å²) in [6.45, 7) is 6.26. The summed E-state index contributed by atoms with van der Waals surface area (Å²) in [5.41, 5.74) is 1.14. The van der Waals surface area contributed by atoms with Gasteiger partial charge in [0, 0.05) is 6.07 Å². The van der Waals surface area contributed by atoms with Gasteiger partial charge in [0.05, 0.1) is 14.2 Å². The van der Waals surface area contributed by atoms with E-state index in [0.717, 1.165) is 17.1 Å². The first-order valence-corrected chi connectivity index (χ1v) is 4.87. The number of benzene rings is 1. The van der Waals surface area contributed by atoms with Gasteiger partial charge in [-0.2, -0.15) is 0 Å². The van der Waals surface area contributed by atoms with Crippen molar-refractivity contribution in [3.63, 3.8) is 0 Å². The third kappa shape index (κ3) is 4.75. The van der Waals surface area contributed by atoms with E-state index in [1.807, 2.05) is 25.1 Å². The van der Waals surface area contributed by atoms with E-state index in [-0.39, 0.29) is 0 Å². The van der Waals surface area contributed by atoms with Crippen LogP contribution in [0.4, 0.5) is 0 Å². The quantitative estimate of drug-likeness (QED) is 0.721. The summed E-state index contributed by atoms with van der Waals surface area (Å²) >= 11 is 0. The molecule has 0 saturated heterocycles. The molecule has 0 aliphatic rings. The van der Waals surface area contributed by atoms with E-state index in [0.29, 0.717) is 0 Å². The van der Waals surface area contributed by atoms with Gasteiger partial charge < -0.3 is 9.47 Å². The van der Waals surface area contributed by atoms with Crippen molar-refractivity contribution in [2.75, 3.05) is 14.2 Å². The number of hydrogen-bond donors (Lipinski definition) is 0. The highest BCUT2D eigenvalue weighted by Crippen LogP contribution is 2.21. The molecule has 0 aliphatic heterocycles. The molecule has 0 unspecified atom stereocenters. The van der Waals surface area contributed by atoms with E-state index in [4.69, 9.17) is 9.47 Å². The fourth-order valence-corrected chi connectivity index (χ4v) is 0.950. The zero-order chi connectivity index (χ0) is 11.0. The Morgan fingerprint density at radius 2 is 1.29 bits per heavy atom. The maximum absolute atomic E-state index is 5.06. The molecule has 0 amide bonds. The minimum Gasteiger partial charge on any atom is -0.497 e. The third-order valence-electron chi connectivity index (χ3n) is 1.50. The summed E-state index contributed by atoms with van der Waals surface area (Å²) in [6, 6.07) is 5.78. The predicted octanol–water partition coefficient (Wildman–Crippen LogP) is 3.43. The van der Waals surface area contributed by atoms with Gasteiger partial charge in [-0.3, -0.25) is 0 Å². The summed E-state index contributed by atoms with van der Waals surface area (Å²) < 4.78 is 10.1. The topological polar surface area (TPSA) is 18.5 Å². The van der Waals surface area contributed by atoms with E-state index in [2.05, 4.69) is 13.8 Å². The van der Waals surface area contributed by atoms with Crippen molar-refractivity contribution in [2.45, 2.75) is 27.2 Å². The summed E-state index contributed by atoms with van der Waals surface area (Å²) in [5, 5.41) is 0. The largest absolute Gasteiger partial charge is 0.497 e. The van der Waals surface area contributed by atoms with Crippen LogP contribution in [0.1, 0.15) is 25.8 Å². The van der Waals surface area contributed by atoms with Crippen LogP contribution in [-0.4, -0.2) is 14.2 Å². The highest BCUT2D eigenvalue weighted by atomic mass is 16.5. The first-order chi connectivity index (χ1) is 6.67. The van der Waals surface area contributed by atoms with E-state index < -0.39 is 0 Å². The van der Waals surface area contributed by atoms with Crippen LogP contribution in [-0.2, 0) is 0 Å². The molecule has 0 saturated carbocycles. The molecule has 0 fully saturated rings. The van der Waals surface area contributed by atoms with Crippen LogP contribution in [0.25, 0.3) is 0 Å². The lowest BCUT2D eigenvalue weighted by Crippen LogP contribution is -1.87. The zero-order valence-electron chi connectivity index (χ0n) is 9.76. The lowest BCUT2D eigenvalue weighted by Gasteiger charge is -2.04. The van der Waals surface area contributed by atoms with Gasteiger partial charge in [-0.1, -0.05) is 20.3 Å². The van der Waals surface area contributed by atoms with Crippen molar-refractivity contribution >= 4 is 0 Å². The van der Waals surface area contributed by atoms with Crippen molar-refractivity contribution in [3.8, 4) is 11.5 Å². The number of hydrogen-bond acceptors (Lipinski definition) is 2. The lowest BCUT2D eigenvalue weighted by atomic mass is 10.2. The minimum atomic E-state index is 0.835. The SMILES string of the molecule is CCC.COc1cc(C)cc(OC)c1. The molecule has 1 aromatic carbocycles. The molecular weight excluding hydrogens is 176 g/mol. The number of aryl methyl sites for hydroxylation is 1. The Hall–Kier alpha value is -1.18. The minimum absolute atomic E-state index is 0.835. The van der Waals surface area contributed by atoms with Crippen molar-refractivity contribution in [2.24, 2.45) is 0 Å². The molecule has 14 heavy (non-hydrogen) atoms. The molecule has 0 aliphatic carbocycles. The monoisotopic (exact) mass is 196 g/mol. The third-order valence-corrected chi connectivity index (χ3v) is 1.50. The van der Waals surface area contributed by atoms with Gasteiger partial charge in [0.25, 0.3) is 0 Å². The second-order valence-corrected chi connectivity index (χ2v) is 3.10. The van der Waals surface area contributed by atoms with Gasteiger partial charge >= 0.3 is 0 Å². The molecule has 0 aromatic heterocycles. The van der Waals surface area contributed by atoms with Gasteiger partial charge in [0.15, 0.2) is 0 Å². The molecule has 1 rings (SSSR count). The van der Waals surface area contributed by atoms with Gasteiger partial charge in [-0.25, -0.2) is 0 Å². The smallest absolute Gasteiger partial charge is 0.122 e. The van der Waals surface area contributed by atoms with Crippen LogP contribution < -0.4 is 9.47 Å². The summed E-state index contributed by atoms with van der Waals surface area (Å²) in [6.07, 6.45) is 1.25. The summed E-state index contributed by atoms with van der Waals surface area (Å²) in [4.78, 5) is 0. The highest BCUT2D eigenvalue weighted by Gasteiger charge is 1.96. The maximum atomic E-state index is 5.06. The maximum Gasteiger partial charge on any atom is 0.122 e. The molecule has 2 heteroatoms. The van der Waals surface area contributed by atoms with Crippen molar-refractivity contribution in [1.82, 2.24) is 0 Å². The molecule has 1 aromatic rings. The molecule has 0 bridgehead atoms. The normalized spacial score (nSPS) is 8.64. The highest BCUT2D eigenvalue weighted by molar-refractivity contribution is 5.37. The molecule has 2 nitrogen and oxygen atoms in total. The van der Waals surface area contributed by atoms with Crippen LogP contribution in [0.3, 0.4) is 0 Å². The average Bonchev–Trinajstić information content (AvgIpc) is 2.18. The van der Waals surface area contributed by atoms with Gasteiger partial charge in [-0.15, -0.1) is 0 Å². The standard InChI is InChI=1S/C9H12O2.C3H8/c1-7-4-8(10-2)6-9(5-7)11-3;1-3-2/h4-6H,1-3H3;3H2,1-2H3. The Morgan fingerprint density at radius 1 is 0.929 bits per heavy atom. The Kier molecular flexibility index (Phi) is 6.63. The fraction of sp³-hybridized carbons (Fsp3) is 0.500. The van der Waals surface area contributed by atoms with Crippen LogP contribution in [0.2, 0.25) is 0 Å². The van der Waals surface area contributed by atoms with Crippen molar-refractivity contribution in [3.05, 3.63) is 23.8 Å². The Morgan fingerprint density at radius 3 is 1.57 bits per heavy atom. The first-order valence-electron chi connectivity index (χ1n) is 4.87. The van der Waals surface area contributed by atoms with Gasteiger partial charge in [0.1, 0.15) is 11.5 Å². The predicted molar refractivity (Wildman–Crippen MR) is 60.2 cm³/mol. The average molecular weight is 196 g/mol. The van der Waals surface area contributed by atoms with Crippen molar-refractivity contribution < 1.29 is 9.47 Å². The summed E-state index contributed by atoms with van der Waals surface area (Å²) in [5.74, 6) is 1.67.